The molecule has 0 aliphatic rings. The van der Waals surface area contributed by atoms with Gasteiger partial charge in [0.15, 0.2) is 0 Å². The highest BCUT2D eigenvalue weighted by molar-refractivity contribution is 5.30. The molecule has 2 aromatic rings. The Morgan fingerprint density at radius 3 is 2.59 bits per heavy atom. The molecule has 0 atom stereocenters. The second-order valence-electron chi connectivity index (χ2n) is 3.59. The number of nitrogens with two attached hydrogens (primary N) is 1. The van der Waals surface area contributed by atoms with Crippen LogP contribution in [0.4, 0.5) is 4.39 Å². The minimum absolute atomic E-state index is 0.216. The molecule has 17 heavy (non-hydrogen) atoms. The Morgan fingerprint density at radius 1 is 1.29 bits per heavy atom. The standard InChI is InChI=1S/C12H12FN3O/c1-8-4-10(2-3-11(8)13)17-12-15-6-9(5-14)7-16-12/h2-4,6-7H,5,14H2,1H3. The van der Waals surface area contributed by atoms with E-state index in [0.29, 0.717) is 17.9 Å². The molecule has 88 valence electrons. The van der Waals surface area contributed by atoms with Crippen LogP contribution in [-0.4, -0.2) is 9.97 Å². The molecule has 5 heteroatoms. The third-order valence-corrected chi connectivity index (χ3v) is 2.26. The van der Waals surface area contributed by atoms with E-state index < -0.39 is 0 Å². The summed E-state index contributed by atoms with van der Waals surface area (Å²) in [4.78, 5) is 7.98. The third-order valence-electron chi connectivity index (χ3n) is 2.26. The van der Waals surface area contributed by atoms with Crippen molar-refractivity contribution in [3.63, 3.8) is 0 Å². The van der Waals surface area contributed by atoms with Crippen molar-refractivity contribution in [3.8, 4) is 11.8 Å². The number of aromatic nitrogens is 2. The van der Waals surface area contributed by atoms with E-state index in [2.05, 4.69) is 9.97 Å². The number of benzene rings is 1. The second kappa shape index (κ2) is 4.88. The molecule has 0 fully saturated rings. The molecule has 2 rings (SSSR count). The van der Waals surface area contributed by atoms with Crippen LogP contribution in [0.1, 0.15) is 11.1 Å². The molecule has 0 bridgehead atoms. The first kappa shape index (κ1) is 11.5. The highest BCUT2D eigenvalue weighted by atomic mass is 19.1. The van der Waals surface area contributed by atoms with Gasteiger partial charge in [-0.15, -0.1) is 0 Å². The van der Waals surface area contributed by atoms with Gasteiger partial charge < -0.3 is 10.5 Å². The lowest BCUT2D eigenvalue weighted by molar-refractivity contribution is 0.439. The lowest BCUT2D eigenvalue weighted by Crippen LogP contribution is -1.99. The van der Waals surface area contributed by atoms with Crippen LogP contribution in [0.15, 0.2) is 30.6 Å². The normalized spacial score (nSPS) is 10.3. The maximum atomic E-state index is 13.0. The molecule has 0 aliphatic heterocycles. The zero-order chi connectivity index (χ0) is 12.3. The van der Waals surface area contributed by atoms with Gasteiger partial charge in [0.25, 0.3) is 0 Å². The summed E-state index contributed by atoms with van der Waals surface area (Å²) in [7, 11) is 0. The predicted molar refractivity (Wildman–Crippen MR) is 61.1 cm³/mol. The van der Waals surface area contributed by atoms with Crippen molar-refractivity contribution in [2.24, 2.45) is 5.73 Å². The van der Waals surface area contributed by atoms with E-state index >= 15 is 0 Å². The van der Waals surface area contributed by atoms with Gasteiger partial charge in [-0.3, -0.25) is 0 Å². The maximum Gasteiger partial charge on any atom is 0.321 e. The third kappa shape index (κ3) is 2.76. The lowest BCUT2D eigenvalue weighted by atomic mass is 10.2. The smallest absolute Gasteiger partial charge is 0.321 e. The molecule has 0 saturated heterocycles. The first-order valence-corrected chi connectivity index (χ1v) is 5.14. The van der Waals surface area contributed by atoms with Gasteiger partial charge in [-0.1, -0.05) is 0 Å². The molecule has 1 heterocycles. The van der Waals surface area contributed by atoms with Gasteiger partial charge in [0.2, 0.25) is 0 Å². The minimum atomic E-state index is -0.267. The van der Waals surface area contributed by atoms with E-state index in [-0.39, 0.29) is 11.8 Å². The number of nitrogens with zero attached hydrogens (tertiary/aromatic N) is 2. The monoisotopic (exact) mass is 233 g/mol. The van der Waals surface area contributed by atoms with Gasteiger partial charge in [-0.05, 0) is 30.7 Å². The summed E-state index contributed by atoms with van der Waals surface area (Å²) in [6.07, 6.45) is 3.19. The quantitative estimate of drug-likeness (QED) is 0.882. The number of rotatable bonds is 3. The molecule has 0 amide bonds. The van der Waals surface area contributed by atoms with Gasteiger partial charge in [-0.2, -0.15) is 0 Å². The van der Waals surface area contributed by atoms with Crippen LogP contribution < -0.4 is 10.5 Å². The molecule has 0 aliphatic carbocycles. The van der Waals surface area contributed by atoms with Crippen LogP contribution in [0.25, 0.3) is 0 Å². The van der Waals surface area contributed by atoms with Gasteiger partial charge >= 0.3 is 6.01 Å². The molecule has 1 aromatic carbocycles. The summed E-state index contributed by atoms with van der Waals surface area (Å²) < 4.78 is 18.4. The van der Waals surface area contributed by atoms with Crippen molar-refractivity contribution in [1.82, 2.24) is 9.97 Å². The molecule has 0 spiro atoms. The number of aryl methyl sites for hydroxylation is 1. The fraction of sp³-hybridized carbons (Fsp3) is 0.167. The zero-order valence-corrected chi connectivity index (χ0v) is 9.35. The van der Waals surface area contributed by atoms with Crippen LogP contribution in [0.5, 0.6) is 11.8 Å². The van der Waals surface area contributed by atoms with Crippen molar-refractivity contribution < 1.29 is 9.13 Å². The Balaban J connectivity index is 2.16. The summed E-state index contributed by atoms with van der Waals surface area (Å²) in [6, 6.07) is 4.69. The Bertz CT molecular complexity index is 514. The van der Waals surface area contributed by atoms with Crippen molar-refractivity contribution in [2.75, 3.05) is 0 Å². The summed E-state index contributed by atoms with van der Waals surface area (Å²) in [6.45, 7) is 2.05. The summed E-state index contributed by atoms with van der Waals surface area (Å²) >= 11 is 0. The molecule has 0 saturated carbocycles. The van der Waals surface area contributed by atoms with E-state index in [4.69, 9.17) is 10.5 Å². The summed E-state index contributed by atoms with van der Waals surface area (Å²) in [5, 5.41) is 0. The highest BCUT2D eigenvalue weighted by Gasteiger charge is 2.03. The highest BCUT2D eigenvalue weighted by Crippen LogP contribution is 2.20. The number of hydrogen-bond acceptors (Lipinski definition) is 4. The molecule has 0 unspecified atom stereocenters. The molecular weight excluding hydrogens is 221 g/mol. The van der Waals surface area contributed by atoms with Crippen LogP contribution >= 0.6 is 0 Å². The number of halogens is 1. The topological polar surface area (TPSA) is 61.0 Å². The first-order valence-electron chi connectivity index (χ1n) is 5.14. The Labute approximate surface area is 98.3 Å². The number of ether oxygens (including phenoxy) is 1. The van der Waals surface area contributed by atoms with E-state index in [1.165, 1.54) is 12.1 Å². The number of hydrogen-bond donors (Lipinski definition) is 1. The second-order valence-corrected chi connectivity index (χ2v) is 3.59. The molecular formula is C12H12FN3O. The van der Waals surface area contributed by atoms with E-state index in [1.807, 2.05) is 0 Å². The van der Waals surface area contributed by atoms with Crippen molar-refractivity contribution in [3.05, 3.63) is 47.5 Å². The van der Waals surface area contributed by atoms with Crippen molar-refractivity contribution >= 4 is 0 Å². The largest absolute Gasteiger partial charge is 0.424 e. The summed E-state index contributed by atoms with van der Waals surface area (Å²) in [5.74, 6) is 0.237. The molecule has 1 aromatic heterocycles. The van der Waals surface area contributed by atoms with Crippen LogP contribution in [0.2, 0.25) is 0 Å². The van der Waals surface area contributed by atoms with Crippen molar-refractivity contribution in [1.29, 1.82) is 0 Å². The minimum Gasteiger partial charge on any atom is -0.424 e. The Kier molecular flexibility index (Phi) is 3.30. The maximum absolute atomic E-state index is 13.0. The fourth-order valence-corrected chi connectivity index (χ4v) is 1.29. The lowest BCUT2D eigenvalue weighted by Gasteiger charge is -2.05. The summed E-state index contributed by atoms with van der Waals surface area (Å²) in [5.41, 5.74) is 6.77. The van der Waals surface area contributed by atoms with Gasteiger partial charge in [-0.25, -0.2) is 14.4 Å². The average Bonchev–Trinajstić information content (AvgIpc) is 2.35. The van der Waals surface area contributed by atoms with E-state index in [1.54, 1.807) is 25.4 Å². The zero-order valence-electron chi connectivity index (χ0n) is 9.35. The molecule has 4 nitrogen and oxygen atoms in total. The molecule has 2 N–H and O–H groups in total. The van der Waals surface area contributed by atoms with Crippen LogP contribution in [0.3, 0.4) is 0 Å². The van der Waals surface area contributed by atoms with Crippen LogP contribution in [0, 0.1) is 12.7 Å². The predicted octanol–water partition coefficient (Wildman–Crippen LogP) is 2.18. The average molecular weight is 233 g/mol. The van der Waals surface area contributed by atoms with E-state index in [9.17, 15) is 4.39 Å². The fourth-order valence-electron chi connectivity index (χ4n) is 1.29. The van der Waals surface area contributed by atoms with Gasteiger partial charge in [0.05, 0.1) is 0 Å². The van der Waals surface area contributed by atoms with E-state index in [0.717, 1.165) is 5.56 Å². The van der Waals surface area contributed by atoms with Gasteiger partial charge in [0, 0.05) is 24.5 Å². The van der Waals surface area contributed by atoms with Gasteiger partial charge in [0.1, 0.15) is 11.6 Å². The van der Waals surface area contributed by atoms with Crippen LogP contribution in [-0.2, 0) is 6.54 Å². The molecule has 0 radical (unpaired) electrons. The SMILES string of the molecule is Cc1cc(Oc2ncc(CN)cn2)ccc1F. The first-order chi connectivity index (χ1) is 8.19. The van der Waals surface area contributed by atoms with Crippen molar-refractivity contribution in [2.45, 2.75) is 13.5 Å². The Hall–Kier alpha value is -2.01. The Morgan fingerprint density at radius 2 is 2.00 bits per heavy atom.